The molecule has 1 aromatic rings. The van der Waals surface area contributed by atoms with Gasteiger partial charge in [-0.2, -0.15) is 0 Å². The number of carbonyl (C=O) groups excluding carboxylic acids is 1. The summed E-state index contributed by atoms with van der Waals surface area (Å²) in [5, 5.41) is 0. The van der Waals surface area contributed by atoms with Gasteiger partial charge in [-0.25, -0.2) is 0 Å². The Morgan fingerprint density at radius 3 is 3.07 bits per heavy atom. The molecule has 1 fully saturated rings. The van der Waals surface area contributed by atoms with Crippen LogP contribution in [0.25, 0.3) is 0 Å². The lowest BCUT2D eigenvalue weighted by Crippen LogP contribution is -2.20. The van der Waals surface area contributed by atoms with Crippen molar-refractivity contribution >= 4 is 5.78 Å². The summed E-state index contributed by atoms with van der Waals surface area (Å²) in [5.41, 5.74) is 1.84. The minimum Gasteiger partial charge on any atom is -0.371 e. The molecule has 0 spiro atoms. The Labute approximate surface area is 83.1 Å². The fourth-order valence-electron chi connectivity index (χ4n) is 1.62. The Hall–Kier alpha value is -1.22. The van der Waals surface area contributed by atoms with Crippen molar-refractivity contribution in [1.29, 1.82) is 0 Å². The predicted octanol–water partition coefficient (Wildman–Crippen LogP) is 1.81. The molecule has 74 valence electrons. The molecule has 0 bridgehead atoms. The first kappa shape index (κ1) is 9.34. The van der Waals surface area contributed by atoms with Crippen molar-refractivity contribution < 1.29 is 9.53 Å². The molecule has 1 atom stereocenters. The van der Waals surface area contributed by atoms with E-state index in [-0.39, 0.29) is 11.9 Å². The predicted molar refractivity (Wildman–Crippen MR) is 51.9 cm³/mol. The van der Waals surface area contributed by atoms with Crippen molar-refractivity contribution in [1.82, 2.24) is 4.98 Å². The third kappa shape index (κ3) is 1.99. The molecule has 0 amide bonds. The van der Waals surface area contributed by atoms with E-state index in [9.17, 15) is 4.79 Å². The number of aryl methyl sites for hydroxylation is 1. The number of ether oxygens (including phenoxy) is 1. The summed E-state index contributed by atoms with van der Waals surface area (Å²) >= 11 is 0. The van der Waals surface area contributed by atoms with Gasteiger partial charge >= 0.3 is 0 Å². The van der Waals surface area contributed by atoms with E-state index in [2.05, 4.69) is 4.98 Å². The lowest BCUT2D eigenvalue weighted by Gasteiger charge is -2.21. The van der Waals surface area contributed by atoms with E-state index in [0.29, 0.717) is 19.4 Å². The molecular weight excluding hydrogens is 178 g/mol. The number of carbonyl (C=O) groups is 1. The summed E-state index contributed by atoms with van der Waals surface area (Å²) in [6.07, 6.45) is 0.884. The smallest absolute Gasteiger partial charge is 0.138 e. The molecule has 2 heterocycles. The molecule has 1 aromatic heterocycles. The lowest BCUT2D eigenvalue weighted by atomic mass is 10.0. The van der Waals surface area contributed by atoms with E-state index in [1.165, 1.54) is 0 Å². The molecular formula is C11H13NO2. The Kier molecular flexibility index (Phi) is 2.59. The number of nitrogens with zero attached hydrogens (tertiary/aromatic N) is 1. The second-order valence-corrected chi connectivity index (χ2v) is 3.56. The molecule has 3 heteroatoms. The van der Waals surface area contributed by atoms with Crippen LogP contribution in [0.15, 0.2) is 18.2 Å². The molecule has 1 aliphatic rings. The van der Waals surface area contributed by atoms with Gasteiger partial charge in [-0.05, 0) is 19.1 Å². The standard InChI is InChI=1S/C11H13NO2/c1-8-3-2-4-10(12-8)11-7-9(13)5-6-14-11/h2-4,11H,5-7H2,1H3. The first-order valence-corrected chi connectivity index (χ1v) is 4.82. The lowest BCUT2D eigenvalue weighted by molar-refractivity contribution is -0.128. The van der Waals surface area contributed by atoms with Gasteiger partial charge in [0, 0.05) is 18.5 Å². The van der Waals surface area contributed by atoms with Crippen LogP contribution >= 0.6 is 0 Å². The summed E-state index contributed by atoms with van der Waals surface area (Å²) in [6, 6.07) is 5.80. The summed E-state index contributed by atoms with van der Waals surface area (Å²) in [6.45, 7) is 2.47. The van der Waals surface area contributed by atoms with Crippen LogP contribution in [0.2, 0.25) is 0 Å². The Morgan fingerprint density at radius 2 is 2.36 bits per heavy atom. The Balaban J connectivity index is 2.17. The first-order valence-electron chi connectivity index (χ1n) is 4.82. The highest BCUT2D eigenvalue weighted by Gasteiger charge is 2.22. The minimum absolute atomic E-state index is 0.129. The van der Waals surface area contributed by atoms with Gasteiger partial charge < -0.3 is 4.74 Å². The molecule has 0 aliphatic carbocycles. The van der Waals surface area contributed by atoms with Gasteiger partial charge in [-0.3, -0.25) is 9.78 Å². The van der Waals surface area contributed by atoms with E-state index in [1.54, 1.807) is 0 Å². The topological polar surface area (TPSA) is 39.2 Å². The van der Waals surface area contributed by atoms with Crippen LogP contribution in [0.4, 0.5) is 0 Å². The number of rotatable bonds is 1. The SMILES string of the molecule is Cc1cccc(C2CC(=O)CCO2)n1. The van der Waals surface area contributed by atoms with Gasteiger partial charge in [0.25, 0.3) is 0 Å². The normalized spacial score (nSPS) is 22.4. The largest absolute Gasteiger partial charge is 0.371 e. The van der Waals surface area contributed by atoms with Crippen LogP contribution in [-0.2, 0) is 9.53 Å². The van der Waals surface area contributed by atoms with Crippen LogP contribution in [-0.4, -0.2) is 17.4 Å². The summed E-state index contributed by atoms with van der Waals surface area (Å²) in [5.74, 6) is 0.268. The van der Waals surface area contributed by atoms with Crippen molar-refractivity contribution in [2.45, 2.75) is 25.9 Å². The number of hydrogen-bond donors (Lipinski definition) is 0. The maximum atomic E-state index is 11.2. The van der Waals surface area contributed by atoms with Crippen LogP contribution in [0, 0.1) is 6.92 Å². The van der Waals surface area contributed by atoms with E-state index in [4.69, 9.17) is 4.74 Å². The Morgan fingerprint density at radius 1 is 1.50 bits per heavy atom. The second kappa shape index (κ2) is 3.88. The average Bonchev–Trinajstić information content (AvgIpc) is 2.18. The minimum atomic E-state index is -0.129. The third-order valence-corrected chi connectivity index (χ3v) is 2.35. The Bertz CT molecular complexity index is 349. The molecule has 3 nitrogen and oxygen atoms in total. The molecule has 2 rings (SSSR count). The molecule has 0 N–H and O–H groups in total. The van der Waals surface area contributed by atoms with Crippen LogP contribution < -0.4 is 0 Å². The number of hydrogen-bond acceptors (Lipinski definition) is 3. The van der Waals surface area contributed by atoms with Crippen molar-refractivity contribution in [3.05, 3.63) is 29.6 Å². The maximum Gasteiger partial charge on any atom is 0.138 e. The number of aromatic nitrogens is 1. The zero-order valence-corrected chi connectivity index (χ0v) is 8.19. The molecule has 0 saturated carbocycles. The van der Waals surface area contributed by atoms with Crippen molar-refractivity contribution in [3.8, 4) is 0 Å². The molecule has 1 saturated heterocycles. The summed E-state index contributed by atoms with van der Waals surface area (Å²) in [4.78, 5) is 15.6. The average molecular weight is 191 g/mol. The second-order valence-electron chi connectivity index (χ2n) is 3.56. The van der Waals surface area contributed by atoms with Crippen LogP contribution in [0.1, 0.15) is 30.3 Å². The summed E-state index contributed by atoms with van der Waals surface area (Å²) < 4.78 is 5.51. The molecule has 1 unspecified atom stereocenters. The van der Waals surface area contributed by atoms with Gasteiger partial charge in [0.2, 0.25) is 0 Å². The molecule has 0 radical (unpaired) electrons. The monoisotopic (exact) mass is 191 g/mol. The fraction of sp³-hybridized carbons (Fsp3) is 0.455. The van der Waals surface area contributed by atoms with E-state index in [1.807, 2.05) is 25.1 Å². The third-order valence-electron chi connectivity index (χ3n) is 2.35. The van der Waals surface area contributed by atoms with Gasteiger partial charge in [0.1, 0.15) is 11.9 Å². The molecule has 0 aromatic carbocycles. The zero-order chi connectivity index (χ0) is 9.97. The van der Waals surface area contributed by atoms with Gasteiger partial charge in [0.05, 0.1) is 12.3 Å². The van der Waals surface area contributed by atoms with Crippen molar-refractivity contribution in [2.24, 2.45) is 0 Å². The zero-order valence-electron chi connectivity index (χ0n) is 8.19. The van der Waals surface area contributed by atoms with Crippen LogP contribution in [0.3, 0.4) is 0 Å². The van der Waals surface area contributed by atoms with Gasteiger partial charge in [-0.1, -0.05) is 6.07 Å². The van der Waals surface area contributed by atoms with Crippen molar-refractivity contribution in [3.63, 3.8) is 0 Å². The highest BCUT2D eigenvalue weighted by molar-refractivity contribution is 5.79. The van der Waals surface area contributed by atoms with Crippen LogP contribution in [0.5, 0.6) is 0 Å². The van der Waals surface area contributed by atoms with E-state index >= 15 is 0 Å². The quantitative estimate of drug-likeness (QED) is 0.679. The highest BCUT2D eigenvalue weighted by atomic mass is 16.5. The highest BCUT2D eigenvalue weighted by Crippen LogP contribution is 2.24. The van der Waals surface area contributed by atoms with Crippen molar-refractivity contribution in [2.75, 3.05) is 6.61 Å². The van der Waals surface area contributed by atoms with E-state index < -0.39 is 0 Å². The number of pyridine rings is 1. The van der Waals surface area contributed by atoms with E-state index in [0.717, 1.165) is 11.4 Å². The molecule has 1 aliphatic heterocycles. The number of ketones is 1. The van der Waals surface area contributed by atoms with Gasteiger partial charge in [0.15, 0.2) is 0 Å². The number of Topliss-reactive ketones (excluding diaryl/α,β-unsaturated/α-hetero) is 1. The maximum absolute atomic E-state index is 11.2. The summed E-state index contributed by atoms with van der Waals surface area (Å²) in [7, 11) is 0. The van der Waals surface area contributed by atoms with Gasteiger partial charge in [-0.15, -0.1) is 0 Å². The molecule has 14 heavy (non-hydrogen) atoms. The fourth-order valence-corrected chi connectivity index (χ4v) is 1.62. The first-order chi connectivity index (χ1) is 6.75.